The van der Waals surface area contributed by atoms with Crippen molar-refractivity contribution in [2.45, 2.75) is 0 Å². The molecule has 0 amide bonds. The lowest BCUT2D eigenvalue weighted by Crippen LogP contribution is -1.95. The van der Waals surface area contributed by atoms with Crippen LogP contribution in [-0.2, 0) is 0 Å². The number of benzene rings is 1. The predicted octanol–water partition coefficient (Wildman–Crippen LogP) is 3.82. The Morgan fingerprint density at radius 2 is 1.94 bits per heavy atom. The van der Waals surface area contributed by atoms with Gasteiger partial charge in [0.2, 0.25) is 0 Å². The Morgan fingerprint density at radius 1 is 1.31 bits per heavy atom. The molecule has 16 heavy (non-hydrogen) atoms. The minimum Gasteiger partial charge on any atom is -0.476 e. The Labute approximate surface area is 105 Å². The molecule has 0 spiro atoms. The third kappa shape index (κ3) is 2.04. The maximum atomic E-state index is 10.7. The van der Waals surface area contributed by atoms with Crippen LogP contribution in [0.2, 0.25) is 10.0 Å². The molecular formula is C10H5Cl2NO2S. The second kappa shape index (κ2) is 4.41. The van der Waals surface area contributed by atoms with E-state index in [1.54, 1.807) is 18.2 Å². The van der Waals surface area contributed by atoms with E-state index in [9.17, 15) is 4.79 Å². The highest BCUT2D eigenvalue weighted by Crippen LogP contribution is 2.36. The summed E-state index contributed by atoms with van der Waals surface area (Å²) in [6.07, 6.45) is 0. The Morgan fingerprint density at radius 3 is 2.44 bits per heavy atom. The number of carboxylic acids is 1. The minimum atomic E-state index is -1.06. The third-order valence-corrected chi connectivity index (χ3v) is 3.39. The van der Waals surface area contributed by atoms with E-state index in [4.69, 9.17) is 28.3 Å². The standard InChI is InChI=1S/C10H5Cl2NO2S/c11-5-2-1-3-6(12)8(5)9-13-7(4-16-9)10(14)15/h1-4H,(H,14,15). The molecular weight excluding hydrogens is 269 g/mol. The Balaban J connectivity index is 2.54. The summed E-state index contributed by atoms with van der Waals surface area (Å²) in [5.74, 6) is -1.06. The van der Waals surface area contributed by atoms with E-state index < -0.39 is 5.97 Å². The van der Waals surface area contributed by atoms with Gasteiger partial charge in [0.05, 0.1) is 10.0 Å². The van der Waals surface area contributed by atoms with Crippen molar-refractivity contribution < 1.29 is 9.90 Å². The summed E-state index contributed by atoms with van der Waals surface area (Å²) >= 11 is 13.2. The van der Waals surface area contributed by atoms with E-state index in [1.165, 1.54) is 16.7 Å². The first-order valence-corrected chi connectivity index (χ1v) is 5.86. The second-order valence-corrected chi connectivity index (χ2v) is 4.61. The van der Waals surface area contributed by atoms with Crippen molar-refractivity contribution in [2.75, 3.05) is 0 Å². The molecule has 0 radical (unpaired) electrons. The fraction of sp³-hybridized carbons (Fsp3) is 0. The molecule has 0 atom stereocenters. The lowest BCUT2D eigenvalue weighted by Gasteiger charge is -2.02. The van der Waals surface area contributed by atoms with E-state index in [-0.39, 0.29) is 5.69 Å². The summed E-state index contributed by atoms with van der Waals surface area (Å²) < 4.78 is 0. The number of aromatic nitrogens is 1. The summed E-state index contributed by atoms with van der Waals surface area (Å²) in [6.45, 7) is 0. The van der Waals surface area contributed by atoms with Crippen LogP contribution in [0, 0.1) is 0 Å². The van der Waals surface area contributed by atoms with Gasteiger partial charge in [-0.05, 0) is 12.1 Å². The van der Waals surface area contributed by atoms with E-state index in [2.05, 4.69) is 4.98 Å². The molecule has 1 aromatic carbocycles. The summed E-state index contributed by atoms with van der Waals surface area (Å²) in [4.78, 5) is 14.6. The van der Waals surface area contributed by atoms with Crippen molar-refractivity contribution in [3.05, 3.63) is 39.3 Å². The molecule has 1 heterocycles. The molecule has 3 nitrogen and oxygen atoms in total. The normalized spacial score (nSPS) is 10.4. The van der Waals surface area contributed by atoms with Crippen molar-refractivity contribution in [2.24, 2.45) is 0 Å². The Hall–Kier alpha value is -1.10. The van der Waals surface area contributed by atoms with Gasteiger partial charge in [0.15, 0.2) is 5.69 Å². The number of aromatic carboxylic acids is 1. The highest BCUT2D eigenvalue weighted by molar-refractivity contribution is 7.13. The quantitative estimate of drug-likeness (QED) is 0.905. The van der Waals surface area contributed by atoms with Crippen LogP contribution in [0.4, 0.5) is 0 Å². The van der Waals surface area contributed by atoms with Gasteiger partial charge in [-0.15, -0.1) is 11.3 Å². The largest absolute Gasteiger partial charge is 0.476 e. The molecule has 1 N–H and O–H groups in total. The summed E-state index contributed by atoms with van der Waals surface area (Å²) in [6, 6.07) is 5.09. The highest BCUT2D eigenvalue weighted by atomic mass is 35.5. The van der Waals surface area contributed by atoms with E-state index >= 15 is 0 Å². The third-order valence-electron chi connectivity index (χ3n) is 1.90. The van der Waals surface area contributed by atoms with Gasteiger partial charge in [0.25, 0.3) is 0 Å². The van der Waals surface area contributed by atoms with Crippen LogP contribution in [0.15, 0.2) is 23.6 Å². The van der Waals surface area contributed by atoms with Crippen molar-refractivity contribution >= 4 is 40.5 Å². The second-order valence-electron chi connectivity index (χ2n) is 2.94. The lowest BCUT2D eigenvalue weighted by atomic mass is 10.2. The van der Waals surface area contributed by atoms with Gasteiger partial charge in [-0.3, -0.25) is 0 Å². The number of nitrogens with zero attached hydrogens (tertiary/aromatic N) is 1. The molecule has 0 aliphatic rings. The maximum Gasteiger partial charge on any atom is 0.355 e. The van der Waals surface area contributed by atoms with Crippen LogP contribution < -0.4 is 0 Å². The van der Waals surface area contributed by atoms with Gasteiger partial charge in [0, 0.05) is 10.9 Å². The van der Waals surface area contributed by atoms with Crippen molar-refractivity contribution in [1.29, 1.82) is 0 Å². The topological polar surface area (TPSA) is 50.2 Å². The first kappa shape index (κ1) is 11.4. The predicted molar refractivity (Wildman–Crippen MR) is 64.5 cm³/mol. The number of carbonyl (C=O) groups is 1. The SMILES string of the molecule is O=C(O)c1csc(-c2c(Cl)cccc2Cl)n1. The fourth-order valence-electron chi connectivity index (χ4n) is 1.19. The van der Waals surface area contributed by atoms with Crippen LogP contribution >= 0.6 is 34.5 Å². The molecule has 6 heteroatoms. The molecule has 0 fully saturated rings. The smallest absolute Gasteiger partial charge is 0.355 e. The molecule has 0 bridgehead atoms. The van der Waals surface area contributed by atoms with Gasteiger partial charge < -0.3 is 5.11 Å². The molecule has 0 saturated carbocycles. The lowest BCUT2D eigenvalue weighted by molar-refractivity contribution is 0.0691. The Bertz CT molecular complexity index is 533. The first-order valence-electron chi connectivity index (χ1n) is 4.23. The monoisotopic (exact) mass is 273 g/mol. The number of hydrogen-bond donors (Lipinski definition) is 1. The maximum absolute atomic E-state index is 10.7. The molecule has 2 rings (SSSR count). The van der Waals surface area contributed by atoms with Gasteiger partial charge in [0.1, 0.15) is 5.01 Å². The van der Waals surface area contributed by atoms with Crippen LogP contribution in [0.1, 0.15) is 10.5 Å². The molecule has 82 valence electrons. The van der Waals surface area contributed by atoms with Gasteiger partial charge in [-0.2, -0.15) is 0 Å². The minimum absolute atomic E-state index is 0.00372. The summed E-state index contributed by atoms with van der Waals surface area (Å²) in [7, 11) is 0. The van der Waals surface area contributed by atoms with Gasteiger partial charge in [-0.25, -0.2) is 9.78 Å². The average Bonchev–Trinajstić information content (AvgIpc) is 2.66. The van der Waals surface area contributed by atoms with Crippen LogP contribution in [-0.4, -0.2) is 16.1 Å². The van der Waals surface area contributed by atoms with Crippen LogP contribution in [0.5, 0.6) is 0 Å². The van der Waals surface area contributed by atoms with Gasteiger partial charge in [-0.1, -0.05) is 29.3 Å². The summed E-state index contributed by atoms with van der Waals surface area (Å²) in [5.41, 5.74) is 0.569. The molecule has 0 aliphatic heterocycles. The molecule has 0 aliphatic carbocycles. The fourth-order valence-corrected chi connectivity index (χ4v) is 2.74. The average molecular weight is 274 g/mol. The first-order chi connectivity index (χ1) is 7.59. The highest BCUT2D eigenvalue weighted by Gasteiger charge is 2.14. The molecule has 0 unspecified atom stereocenters. The Kier molecular flexibility index (Phi) is 3.14. The zero-order chi connectivity index (χ0) is 11.7. The molecule has 2 aromatic rings. The van der Waals surface area contributed by atoms with Crippen molar-refractivity contribution in [3.63, 3.8) is 0 Å². The van der Waals surface area contributed by atoms with E-state index in [0.29, 0.717) is 20.6 Å². The molecule has 0 saturated heterocycles. The van der Waals surface area contributed by atoms with E-state index in [1.807, 2.05) is 0 Å². The molecule has 1 aromatic heterocycles. The van der Waals surface area contributed by atoms with Crippen LogP contribution in [0.3, 0.4) is 0 Å². The number of carboxylic acid groups (broad SMARTS) is 1. The zero-order valence-electron chi connectivity index (χ0n) is 7.78. The summed E-state index contributed by atoms with van der Waals surface area (Å²) in [5, 5.41) is 11.6. The van der Waals surface area contributed by atoms with Gasteiger partial charge >= 0.3 is 5.97 Å². The number of thiazole rings is 1. The van der Waals surface area contributed by atoms with E-state index in [0.717, 1.165) is 0 Å². The van der Waals surface area contributed by atoms with Crippen molar-refractivity contribution in [3.8, 4) is 10.6 Å². The number of halogens is 2. The number of hydrogen-bond acceptors (Lipinski definition) is 3. The zero-order valence-corrected chi connectivity index (χ0v) is 10.1. The van der Waals surface area contributed by atoms with Crippen LogP contribution in [0.25, 0.3) is 10.6 Å². The number of rotatable bonds is 2. The van der Waals surface area contributed by atoms with Crippen molar-refractivity contribution in [1.82, 2.24) is 4.98 Å².